The zero-order valence-electron chi connectivity index (χ0n) is 14.5. The predicted molar refractivity (Wildman–Crippen MR) is 104 cm³/mol. The van der Waals surface area contributed by atoms with Crippen molar-refractivity contribution < 1.29 is 17.5 Å². The molecule has 5 nitrogen and oxygen atoms in total. The summed E-state index contributed by atoms with van der Waals surface area (Å²) < 4.78 is 47.1. The Labute approximate surface area is 161 Å². The van der Waals surface area contributed by atoms with E-state index in [0.29, 0.717) is 36.6 Å². The molecule has 0 radical (unpaired) electrons. The molecule has 1 aliphatic rings. The standard InChI is InChI=1S/C19H19FN2O3S2/c20-16-7-4-8-17-18(16)21-19(26-17)25-15-9-11-22(12-10-15)27(23,24)13-14-5-2-1-3-6-14/h1-8,15H,9-13H2. The molecule has 0 aliphatic carbocycles. The highest BCUT2D eigenvalue weighted by atomic mass is 32.2. The summed E-state index contributed by atoms with van der Waals surface area (Å²) in [4.78, 5) is 4.22. The number of thiazole rings is 1. The number of hydrogen-bond donors (Lipinski definition) is 0. The van der Waals surface area contributed by atoms with Crippen LogP contribution in [-0.2, 0) is 15.8 Å². The lowest BCUT2D eigenvalue weighted by Gasteiger charge is -2.30. The van der Waals surface area contributed by atoms with Crippen LogP contribution in [0.1, 0.15) is 18.4 Å². The van der Waals surface area contributed by atoms with Gasteiger partial charge >= 0.3 is 0 Å². The van der Waals surface area contributed by atoms with Crippen LogP contribution in [0.4, 0.5) is 4.39 Å². The summed E-state index contributed by atoms with van der Waals surface area (Å²) in [6.07, 6.45) is 1.07. The van der Waals surface area contributed by atoms with Crippen LogP contribution in [0.3, 0.4) is 0 Å². The fourth-order valence-corrected chi connectivity index (χ4v) is 5.65. The normalized spacial score (nSPS) is 16.6. The monoisotopic (exact) mass is 406 g/mol. The minimum Gasteiger partial charge on any atom is -0.467 e. The van der Waals surface area contributed by atoms with Crippen molar-refractivity contribution in [3.63, 3.8) is 0 Å². The van der Waals surface area contributed by atoms with Crippen molar-refractivity contribution in [1.29, 1.82) is 0 Å². The Morgan fingerprint density at radius 2 is 1.85 bits per heavy atom. The Morgan fingerprint density at radius 1 is 1.11 bits per heavy atom. The van der Waals surface area contributed by atoms with E-state index < -0.39 is 10.0 Å². The van der Waals surface area contributed by atoms with Crippen molar-refractivity contribution in [2.24, 2.45) is 0 Å². The predicted octanol–water partition coefficient (Wildman–Crippen LogP) is 3.81. The van der Waals surface area contributed by atoms with Crippen molar-refractivity contribution in [3.05, 3.63) is 59.9 Å². The average Bonchev–Trinajstić information content (AvgIpc) is 3.07. The Morgan fingerprint density at radius 3 is 2.56 bits per heavy atom. The van der Waals surface area contributed by atoms with Crippen LogP contribution in [-0.4, -0.2) is 36.9 Å². The molecule has 0 atom stereocenters. The first-order chi connectivity index (χ1) is 13.0. The summed E-state index contributed by atoms with van der Waals surface area (Å²) in [6, 6.07) is 14.0. The number of halogens is 1. The molecule has 27 heavy (non-hydrogen) atoms. The summed E-state index contributed by atoms with van der Waals surface area (Å²) in [5.41, 5.74) is 1.10. The Kier molecular flexibility index (Phi) is 5.12. The third-order valence-corrected chi connectivity index (χ3v) is 7.37. The number of sulfonamides is 1. The Hall–Kier alpha value is -2.03. The minimum atomic E-state index is -3.34. The van der Waals surface area contributed by atoms with Crippen molar-refractivity contribution in [3.8, 4) is 5.19 Å². The largest absolute Gasteiger partial charge is 0.467 e. The van der Waals surface area contributed by atoms with Gasteiger partial charge in [-0.2, -0.15) is 4.98 Å². The van der Waals surface area contributed by atoms with Gasteiger partial charge in [0.2, 0.25) is 10.0 Å². The van der Waals surface area contributed by atoms with E-state index in [1.807, 2.05) is 36.4 Å². The van der Waals surface area contributed by atoms with Crippen LogP contribution >= 0.6 is 11.3 Å². The number of nitrogens with zero attached hydrogens (tertiary/aromatic N) is 2. The number of fused-ring (bicyclic) bond motifs is 1. The molecule has 8 heteroatoms. The third-order valence-electron chi connectivity index (χ3n) is 4.60. The second-order valence-corrected chi connectivity index (χ2v) is 9.49. The number of para-hydroxylation sites is 1. The molecular weight excluding hydrogens is 387 g/mol. The van der Waals surface area contributed by atoms with Crippen LogP contribution < -0.4 is 4.74 Å². The van der Waals surface area contributed by atoms with E-state index in [9.17, 15) is 12.8 Å². The molecule has 4 rings (SSSR count). The molecule has 0 spiro atoms. The fourth-order valence-electron chi connectivity index (χ4n) is 3.19. The lowest BCUT2D eigenvalue weighted by atomic mass is 10.1. The molecule has 142 valence electrons. The number of piperidine rings is 1. The molecule has 0 saturated carbocycles. The van der Waals surface area contributed by atoms with Gasteiger partial charge in [0.15, 0.2) is 0 Å². The summed E-state index contributed by atoms with van der Waals surface area (Å²) in [7, 11) is -3.34. The zero-order chi connectivity index (χ0) is 18.9. The molecule has 2 aromatic carbocycles. The molecule has 0 amide bonds. The smallest absolute Gasteiger partial charge is 0.274 e. The topological polar surface area (TPSA) is 59.5 Å². The molecule has 1 aliphatic heterocycles. The quantitative estimate of drug-likeness (QED) is 0.647. The maximum absolute atomic E-state index is 13.8. The van der Waals surface area contributed by atoms with Crippen LogP contribution in [0, 0.1) is 5.82 Å². The van der Waals surface area contributed by atoms with Gasteiger partial charge in [-0.1, -0.05) is 47.7 Å². The number of aromatic nitrogens is 1. The fraction of sp³-hybridized carbons (Fsp3) is 0.316. The summed E-state index contributed by atoms with van der Waals surface area (Å²) in [5.74, 6) is -0.350. The van der Waals surface area contributed by atoms with Gasteiger partial charge in [0.1, 0.15) is 17.4 Å². The lowest BCUT2D eigenvalue weighted by Crippen LogP contribution is -2.42. The van der Waals surface area contributed by atoms with Crippen LogP contribution in [0.5, 0.6) is 5.19 Å². The van der Waals surface area contributed by atoms with E-state index in [1.165, 1.54) is 21.7 Å². The number of benzene rings is 2. The van der Waals surface area contributed by atoms with Crippen molar-refractivity contribution >= 4 is 31.6 Å². The van der Waals surface area contributed by atoms with Gasteiger partial charge in [-0.25, -0.2) is 17.1 Å². The summed E-state index contributed by atoms with van der Waals surface area (Å²) in [5, 5.41) is 0.431. The van der Waals surface area contributed by atoms with E-state index in [-0.39, 0.29) is 17.7 Å². The first-order valence-electron chi connectivity index (χ1n) is 8.75. The summed E-state index contributed by atoms with van der Waals surface area (Å²) >= 11 is 1.31. The van der Waals surface area contributed by atoms with Gasteiger partial charge in [-0.15, -0.1) is 0 Å². The molecule has 1 aromatic heterocycles. The molecule has 1 fully saturated rings. The van der Waals surface area contributed by atoms with Gasteiger partial charge in [-0.05, 0) is 30.5 Å². The van der Waals surface area contributed by atoms with Crippen LogP contribution in [0.25, 0.3) is 10.2 Å². The maximum Gasteiger partial charge on any atom is 0.274 e. The lowest BCUT2D eigenvalue weighted by molar-refractivity contribution is 0.135. The van der Waals surface area contributed by atoms with Gasteiger partial charge in [0.25, 0.3) is 5.19 Å². The molecule has 0 N–H and O–H groups in total. The number of hydrogen-bond acceptors (Lipinski definition) is 5. The highest BCUT2D eigenvalue weighted by Crippen LogP contribution is 2.31. The first-order valence-corrected chi connectivity index (χ1v) is 11.2. The molecule has 1 saturated heterocycles. The maximum atomic E-state index is 13.8. The average molecular weight is 407 g/mol. The van der Waals surface area contributed by atoms with Crippen molar-refractivity contribution in [2.75, 3.05) is 13.1 Å². The minimum absolute atomic E-state index is 0.0104. The van der Waals surface area contributed by atoms with Crippen molar-refractivity contribution in [2.45, 2.75) is 24.7 Å². The van der Waals surface area contributed by atoms with Crippen molar-refractivity contribution in [1.82, 2.24) is 9.29 Å². The van der Waals surface area contributed by atoms with E-state index in [0.717, 1.165) is 10.3 Å². The molecule has 0 bridgehead atoms. The number of ether oxygens (including phenoxy) is 1. The van der Waals surface area contributed by atoms with E-state index in [2.05, 4.69) is 4.98 Å². The SMILES string of the molecule is O=S(=O)(Cc1ccccc1)N1CCC(Oc2nc3c(F)cccc3s2)CC1. The third kappa shape index (κ3) is 4.12. The molecule has 2 heterocycles. The van der Waals surface area contributed by atoms with Gasteiger partial charge < -0.3 is 4.74 Å². The Balaban J connectivity index is 1.37. The van der Waals surface area contributed by atoms with Crippen LogP contribution in [0.2, 0.25) is 0 Å². The van der Waals surface area contributed by atoms with Gasteiger partial charge in [0.05, 0.1) is 10.5 Å². The highest BCUT2D eigenvalue weighted by Gasteiger charge is 2.29. The molecule has 3 aromatic rings. The molecule has 0 unspecified atom stereocenters. The number of rotatable bonds is 5. The second kappa shape index (κ2) is 7.53. The van der Waals surface area contributed by atoms with Crippen LogP contribution in [0.15, 0.2) is 48.5 Å². The van der Waals surface area contributed by atoms with Gasteiger partial charge in [-0.3, -0.25) is 0 Å². The molecular formula is C19H19FN2O3S2. The van der Waals surface area contributed by atoms with E-state index >= 15 is 0 Å². The second-order valence-electron chi connectivity index (χ2n) is 6.52. The van der Waals surface area contributed by atoms with Gasteiger partial charge in [0, 0.05) is 13.1 Å². The highest BCUT2D eigenvalue weighted by molar-refractivity contribution is 7.88. The first kappa shape index (κ1) is 18.3. The van der Waals surface area contributed by atoms with E-state index in [4.69, 9.17) is 4.74 Å². The Bertz CT molecular complexity index is 1030. The zero-order valence-corrected chi connectivity index (χ0v) is 16.2. The summed E-state index contributed by atoms with van der Waals surface area (Å²) in [6.45, 7) is 0.832. The van der Waals surface area contributed by atoms with E-state index in [1.54, 1.807) is 6.07 Å².